The van der Waals surface area contributed by atoms with Gasteiger partial charge in [0.15, 0.2) is 0 Å². The molecule has 0 amide bonds. The van der Waals surface area contributed by atoms with Crippen LogP contribution in [0.2, 0.25) is 0 Å². The molecule has 1 unspecified atom stereocenters. The molecule has 1 N–H and O–H groups in total. The van der Waals surface area contributed by atoms with Crippen LogP contribution >= 0.6 is 0 Å². The molecule has 2 heterocycles. The largest absolute Gasteiger partial charge is 0.497 e. The van der Waals surface area contributed by atoms with E-state index < -0.39 is 4.92 Å². The normalized spacial score (nSPS) is 15.7. The number of anilines is 1. The fourth-order valence-electron chi connectivity index (χ4n) is 3.21. The minimum Gasteiger partial charge on any atom is -0.497 e. The number of nitro groups is 1. The van der Waals surface area contributed by atoms with Crippen molar-refractivity contribution in [2.24, 2.45) is 0 Å². The van der Waals surface area contributed by atoms with E-state index in [0.29, 0.717) is 12.4 Å². The van der Waals surface area contributed by atoms with E-state index in [1.54, 1.807) is 19.4 Å². The molecular weight excluding hydrogens is 320 g/mol. The lowest BCUT2D eigenvalue weighted by Crippen LogP contribution is -2.31. The second-order valence-corrected chi connectivity index (χ2v) is 6.04. The Balaban J connectivity index is 1.79. The van der Waals surface area contributed by atoms with E-state index in [2.05, 4.69) is 27.3 Å². The molecule has 0 bridgehead atoms. The highest BCUT2D eigenvalue weighted by molar-refractivity contribution is 5.55. The number of benzene rings is 1. The lowest BCUT2D eigenvalue weighted by atomic mass is 10.1. The van der Waals surface area contributed by atoms with Gasteiger partial charge in [0.1, 0.15) is 5.75 Å². The summed E-state index contributed by atoms with van der Waals surface area (Å²) in [5, 5.41) is 14.3. The van der Waals surface area contributed by atoms with Crippen LogP contribution < -0.4 is 10.1 Å². The molecule has 7 heteroatoms. The molecule has 0 aliphatic carbocycles. The maximum atomic E-state index is 11.2. The van der Waals surface area contributed by atoms with Crippen LogP contribution in [0.1, 0.15) is 24.4 Å². The molecule has 1 aliphatic rings. The summed E-state index contributed by atoms with van der Waals surface area (Å²) in [7, 11) is 1.65. The summed E-state index contributed by atoms with van der Waals surface area (Å²) in [5.41, 5.74) is 1.16. The average molecular weight is 342 g/mol. The van der Waals surface area contributed by atoms with Gasteiger partial charge in [-0.25, -0.2) is 4.98 Å². The number of aromatic nitrogens is 1. The van der Waals surface area contributed by atoms with Crippen molar-refractivity contribution in [3.63, 3.8) is 0 Å². The van der Waals surface area contributed by atoms with Crippen LogP contribution in [0.4, 0.5) is 11.5 Å². The topological polar surface area (TPSA) is 80.5 Å². The van der Waals surface area contributed by atoms with Crippen molar-refractivity contribution >= 4 is 11.5 Å². The number of rotatable bonds is 7. The molecule has 1 atom stereocenters. The highest BCUT2D eigenvalue weighted by Gasteiger charge is 2.24. The molecule has 132 valence electrons. The third kappa shape index (κ3) is 4.06. The fraction of sp³-hybridized carbons (Fsp3) is 0.389. The van der Waals surface area contributed by atoms with Gasteiger partial charge >= 0.3 is 5.69 Å². The van der Waals surface area contributed by atoms with Crippen molar-refractivity contribution in [1.82, 2.24) is 9.88 Å². The second-order valence-electron chi connectivity index (χ2n) is 6.04. The number of nitrogens with one attached hydrogen (secondary N) is 1. The second kappa shape index (κ2) is 7.94. The van der Waals surface area contributed by atoms with Crippen molar-refractivity contribution in [2.75, 3.05) is 32.1 Å². The fourth-order valence-corrected chi connectivity index (χ4v) is 3.21. The number of pyridine rings is 1. The molecule has 0 radical (unpaired) electrons. The number of ether oxygens (including phenoxy) is 1. The first-order chi connectivity index (χ1) is 12.2. The van der Waals surface area contributed by atoms with Crippen LogP contribution in [0.25, 0.3) is 0 Å². The van der Waals surface area contributed by atoms with E-state index in [1.165, 1.54) is 18.9 Å². The van der Waals surface area contributed by atoms with Crippen LogP contribution in [0.5, 0.6) is 5.75 Å². The maximum absolute atomic E-state index is 11.2. The zero-order chi connectivity index (χ0) is 17.6. The predicted octanol–water partition coefficient (Wildman–Crippen LogP) is 3.25. The van der Waals surface area contributed by atoms with Crippen LogP contribution in [0, 0.1) is 10.1 Å². The van der Waals surface area contributed by atoms with Gasteiger partial charge in [-0.15, -0.1) is 0 Å². The molecule has 1 saturated heterocycles. The zero-order valence-corrected chi connectivity index (χ0v) is 14.2. The summed E-state index contributed by atoms with van der Waals surface area (Å²) in [6.07, 6.45) is 3.92. The molecule has 1 aliphatic heterocycles. The van der Waals surface area contributed by atoms with Gasteiger partial charge in [-0.3, -0.25) is 15.0 Å². The van der Waals surface area contributed by atoms with Gasteiger partial charge in [0, 0.05) is 18.8 Å². The molecule has 1 fully saturated rings. The molecule has 0 spiro atoms. The van der Waals surface area contributed by atoms with E-state index in [9.17, 15) is 10.1 Å². The Morgan fingerprint density at radius 3 is 2.64 bits per heavy atom. The van der Waals surface area contributed by atoms with E-state index in [1.807, 2.05) is 12.1 Å². The Morgan fingerprint density at radius 1 is 1.28 bits per heavy atom. The monoisotopic (exact) mass is 342 g/mol. The summed E-state index contributed by atoms with van der Waals surface area (Å²) in [6, 6.07) is 11.2. The summed E-state index contributed by atoms with van der Waals surface area (Å²) in [4.78, 5) is 17.3. The highest BCUT2D eigenvalue weighted by Crippen LogP contribution is 2.28. The summed E-state index contributed by atoms with van der Waals surface area (Å²) in [5.74, 6) is 1.13. The number of methoxy groups -OCH3 is 1. The Hall–Kier alpha value is -2.67. The Bertz CT molecular complexity index is 715. The number of nitrogens with zero attached hydrogens (tertiary/aromatic N) is 3. The third-order valence-corrected chi connectivity index (χ3v) is 4.53. The van der Waals surface area contributed by atoms with Crippen molar-refractivity contribution < 1.29 is 9.66 Å². The standard InChI is InChI=1S/C18H22N4O3/c1-25-15-8-6-14(7-9-15)17(21-11-2-3-12-21)13-20-18-16(22(23)24)5-4-10-19-18/h4-10,17H,2-3,11-13H2,1H3,(H,19,20). The van der Waals surface area contributed by atoms with Gasteiger partial charge in [-0.2, -0.15) is 0 Å². The molecule has 7 nitrogen and oxygen atoms in total. The van der Waals surface area contributed by atoms with Crippen molar-refractivity contribution in [1.29, 1.82) is 0 Å². The first kappa shape index (κ1) is 17.2. The third-order valence-electron chi connectivity index (χ3n) is 4.53. The molecule has 0 saturated carbocycles. The lowest BCUT2D eigenvalue weighted by Gasteiger charge is -2.28. The zero-order valence-electron chi connectivity index (χ0n) is 14.2. The minimum absolute atomic E-state index is 0.00240. The van der Waals surface area contributed by atoms with Crippen LogP contribution in [-0.4, -0.2) is 41.6 Å². The minimum atomic E-state index is -0.409. The van der Waals surface area contributed by atoms with Crippen molar-refractivity contribution in [3.05, 3.63) is 58.3 Å². The number of likely N-dealkylation sites (tertiary alicyclic amines) is 1. The van der Waals surface area contributed by atoms with E-state index in [-0.39, 0.29) is 11.7 Å². The van der Waals surface area contributed by atoms with Gasteiger partial charge in [0.25, 0.3) is 0 Å². The predicted molar refractivity (Wildman–Crippen MR) is 95.9 cm³/mol. The SMILES string of the molecule is COc1ccc(C(CNc2ncccc2[N+](=O)[O-])N2CCCC2)cc1. The molecule has 2 aromatic rings. The van der Waals surface area contributed by atoms with Gasteiger partial charge in [-0.05, 0) is 49.7 Å². The van der Waals surface area contributed by atoms with E-state index in [0.717, 1.165) is 24.4 Å². The molecule has 3 rings (SSSR count). The Kier molecular flexibility index (Phi) is 5.45. The quantitative estimate of drug-likeness (QED) is 0.614. The van der Waals surface area contributed by atoms with Crippen LogP contribution in [-0.2, 0) is 0 Å². The van der Waals surface area contributed by atoms with E-state index >= 15 is 0 Å². The average Bonchev–Trinajstić information content (AvgIpc) is 3.17. The molecule has 25 heavy (non-hydrogen) atoms. The summed E-state index contributed by atoms with van der Waals surface area (Å²) < 4.78 is 5.23. The Morgan fingerprint density at radius 2 is 2.00 bits per heavy atom. The van der Waals surface area contributed by atoms with Gasteiger partial charge in [0.2, 0.25) is 5.82 Å². The van der Waals surface area contributed by atoms with Gasteiger partial charge in [0.05, 0.1) is 18.1 Å². The van der Waals surface area contributed by atoms with E-state index in [4.69, 9.17) is 4.74 Å². The Labute approximate surface area is 146 Å². The van der Waals surface area contributed by atoms with Crippen LogP contribution in [0.3, 0.4) is 0 Å². The smallest absolute Gasteiger partial charge is 0.311 e. The first-order valence-electron chi connectivity index (χ1n) is 8.40. The first-order valence-corrected chi connectivity index (χ1v) is 8.40. The number of hydrogen-bond acceptors (Lipinski definition) is 6. The molecular formula is C18H22N4O3. The van der Waals surface area contributed by atoms with Gasteiger partial charge < -0.3 is 10.1 Å². The maximum Gasteiger partial charge on any atom is 0.311 e. The highest BCUT2D eigenvalue weighted by atomic mass is 16.6. The number of hydrogen-bond donors (Lipinski definition) is 1. The van der Waals surface area contributed by atoms with Gasteiger partial charge in [-0.1, -0.05) is 12.1 Å². The lowest BCUT2D eigenvalue weighted by molar-refractivity contribution is -0.384. The van der Waals surface area contributed by atoms with Crippen LogP contribution in [0.15, 0.2) is 42.6 Å². The molecule has 1 aromatic heterocycles. The summed E-state index contributed by atoms with van der Waals surface area (Å²) >= 11 is 0. The van der Waals surface area contributed by atoms with Crippen molar-refractivity contribution in [2.45, 2.75) is 18.9 Å². The summed E-state index contributed by atoms with van der Waals surface area (Å²) in [6.45, 7) is 2.62. The van der Waals surface area contributed by atoms with Crippen molar-refractivity contribution in [3.8, 4) is 5.75 Å². The molecule has 1 aromatic carbocycles.